The highest BCUT2D eigenvalue weighted by atomic mass is 35.5. The Kier molecular flexibility index (Phi) is 4.11. The van der Waals surface area contributed by atoms with Crippen molar-refractivity contribution in [2.75, 3.05) is 0 Å². The lowest BCUT2D eigenvalue weighted by molar-refractivity contribution is -0.128. The van der Waals surface area contributed by atoms with E-state index >= 15 is 0 Å². The van der Waals surface area contributed by atoms with Crippen molar-refractivity contribution in [3.8, 4) is 5.75 Å². The van der Waals surface area contributed by atoms with Crippen LogP contribution in [0.25, 0.3) is 0 Å². The van der Waals surface area contributed by atoms with Gasteiger partial charge in [-0.2, -0.15) is 0 Å². The summed E-state index contributed by atoms with van der Waals surface area (Å²) in [7, 11) is 0. The van der Waals surface area contributed by atoms with Gasteiger partial charge in [0.2, 0.25) is 6.10 Å². The lowest BCUT2D eigenvalue weighted by Gasteiger charge is -2.19. The first kappa shape index (κ1) is 14.0. The molecule has 1 amide bonds. The Hall–Kier alpha value is -2.00. The predicted octanol–water partition coefficient (Wildman–Crippen LogP) is 3.74. The van der Waals surface area contributed by atoms with Gasteiger partial charge < -0.3 is 10.1 Å². The summed E-state index contributed by atoms with van der Waals surface area (Å²) in [4.78, 5) is 12.4. The second kappa shape index (κ2) is 6.19. The van der Waals surface area contributed by atoms with Crippen LogP contribution in [0, 0.1) is 0 Å². The SMILES string of the molecule is O=C(NC1CC1)[C@H](Oc1cccc(Cl)c1)c1ccccc1. The van der Waals surface area contributed by atoms with E-state index in [1.165, 1.54) is 0 Å². The van der Waals surface area contributed by atoms with Crippen molar-refractivity contribution >= 4 is 17.5 Å². The monoisotopic (exact) mass is 301 g/mol. The molecule has 1 N–H and O–H groups in total. The van der Waals surface area contributed by atoms with E-state index in [1.54, 1.807) is 24.3 Å². The third-order valence-corrected chi connectivity index (χ3v) is 3.55. The summed E-state index contributed by atoms with van der Waals surface area (Å²) < 4.78 is 5.88. The molecule has 2 aromatic carbocycles. The minimum absolute atomic E-state index is 0.108. The number of amides is 1. The largest absolute Gasteiger partial charge is 0.476 e. The minimum atomic E-state index is -0.662. The van der Waals surface area contributed by atoms with Crippen molar-refractivity contribution in [3.05, 3.63) is 65.2 Å². The molecular weight excluding hydrogens is 286 g/mol. The highest BCUT2D eigenvalue weighted by molar-refractivity contribution is 6.30. The molecule has 1 aliphatic carbocycles. The van der Waals surface area contributed by atoms with Gasteiger partial charge in [0, 0.05) is 16.6 Å². The highest BCUT2D eigenvalue weighted by Gasteiger charge is 2.29. The maximum absolute atomic E-state index is 12.4. The summed E-state index contributed by atoms with van der Waals surface area (Å²) in [6.07, 6.45) is 1.43. The topological polar surface area (TPSA) is 38.3 Å². The zero-order valence-electron chi connectivity index (χ0n) is 11.5. The Labute approximate surface area is 128 Å². The summed E-state index contributed by atoms with van der Waals surface area (Å²) in [5.41, 5.74) is 0.829. The zero-order chi connectivity index (χ0) is 14.7. The molecule has 4 heteroatoms. The van der Waals surface area contributed by atoms with Gasteiger partial charge >= 0.3 is 0 Å². The smallest absolute Gasteiger partial charge is 0.266 e. The number of carbonyl (C=O) groups excluding carboxylic acids is 1. The van der Waals surface area contributed by atoms with Crippen LogP contribution >= 0.6 is 11.6 Å². The molecule has 0 aliphatic heterocycles. The van der Waals surface area contributed by atoms with Crippen LogP contribution < -0.4 is 10.1 Å². The number of benzene rings is 2. The standard InChI is InChI=1S/C17H16ClNO2/c18-13-7-4-8-15(11-13)21-16(12-5-2-1-3-6-12)17(20)19-14-9-10-14/h1-8,11,14,16H,9-10H2,(H,19,20)/t16-/m1/s1. The van der Waals surface area contributed by atoms with E-state index in [4.69, 9.17) is 16.3 Å². The number of hydrogen-bond donors (Lipinski definition) is 1. The van der Waals surface area contributed by atoms with Crippen LogP contribution in [0.3, 0.4) is 0 Å². The van der Waals surface area contributed by atoms with Gasteiger partial charge in [-0.15, -0.1) is 0 Å². The molecule has 3 nitrogen and oxygen atoms in total. The van der Waals surface area contributed by atoms with Crippen molar-refractivity contribution in [1.82, 2.24) is 5.32 Å². The molecule has 0 spiro atoms. The van der Waals surface area contributed by atoms with Gasteiger partial charge in [-0.3, -0.25) is 4.79 Å². The normalized spacial score (nSPS) is 15.3. The lowest BCUT2D eigenvalue weighted by atomic mass is 10.1. The Morgan fingerprint density at radius 3 is 2.57 bits per heavy atom. The molecule has 0 aromatic heterocycles. The van der Waals surface area contributed by atoms with Crippen molar-refractivity contribution < 1.29 is 9.53 Å². The Balaban J connectivity index is 1.82. The van der Waals surface area contributed by atoms with Gasteiger partial charge in [-0.25, -0.2) is 0 Å². The number of halogens is 1. The number of carbonyl (C=O) groups is 1. The summed E-state index contributed by atoms with van der Waals surface area (Å²) in [5, 5.41) is 3.58. The van der Waals surface area contributed by atoms with E-state index in [2.05, 4.69) is 5.32 Å². The fourth-order valence-corrected chi connectivity index (χ4v) is 2.26. The molecule has 0 saturated heterocycles. The quantitative estimate of drug-likeness (QED) is 0.913. The first-order valence-electron chi connectivity index (χ1n) is 7.00. The maximum atomic E-state index is 12.4. The van der Waals surface area contributed by atoms with Crippen molar-refractivity contribution in [1.29, 1.82) is 0 Å². The van der Waals surface area contributed by atoms with Crippen LogP contribution in [0.15, 0.2) is 54.6 Å². The van der Waals surface area contributed by atoms with Gasteiger partial charge in [-0.05, 0) is 31.0 Å². The molecule has 21 heavy (non-hydrogen) atoms. The third kappa shape index (κ3) is 3.76. The number of ether oxygens (including phenoxy) is 1. The fraction of sp³-hybridized carbons (Fsp3) is 0.235. The van der Waals surface area contributed by atoms with Crippen molar-refractivity contribution in [2.24, 2.45) is 0 Å². The van der Waals surface area contributed by atoms with Crippen LogP contribution in [-0.2, 0) is 4.79 Å². The molecule has 2 aromatic rings. The molecule has 0 radical (unpaired) electrons. The van der Waals surface area contributed by atoms with Crippen LogP contribution in [0.4, 0.5) is 0 Å². The van der Waals surface area contributed by atoms with E-state index in [-0.39, 0.29) is 5.91 Å². The van der Waals surface area contributed by atoms with E-state index in [0.717, 1.165) is 18.4 Å². The number of hydrogen-bond acceptors (Lipinski definition) is 2. The van der Waals surface area contributed by atoms with E-state index in [1.807, 2.05) is 30.3 Å². The second-order valence-electron chi connectivity index (χ2n) is 5.15. The molecule has 3 rings (SSSR count). The predicted molar refractivity (Wildman–Crippen MR) is 82.4 cm³/mol. The van der Waals surface area contributed by atoms with Gasteiger partial charge in [0.15, 0.2) is 0 Å². The summed E-state index contributed by atoms with van der Waals surface area (Å²) in [6, 6.07) is 16.9. The van der Waals surface area contributed by atoms with E-state index in [9.17, 15) is 4.79 Å². The maximum Gasteiger partial charge on any atom is 0.266 e. The number of nitrogens with one attached hydrogen (secondary N) is 1. The van der Waals surface area contributed by atoms with Gasteiger partial charge in [0.1, 0.15) is 5.75 Å². The fourth-order valence-electron chi connectivity index (χ4n) is 2.08. The van der Waals surface area contributed by atoms with E-state index < -0.39 is 6.10 Å². The van der Waals surface area contributed by atoms with Gasteiger partial charge in [0.25, 0.3) is 5.91 Å². The van der Waals surface area contributed by atoms with Crippen LogP contribution in [0.5, 0.6) is 5.75 Å². The molecule has 108 valence electrons. The average molecular weight is 302 g/mol. The molecule has 0 unspecified atom stereocenters. The van der Waals surface area contributed by atoms with Gasteiger partial charge in [-0.1, -0.05) is 48.0 Å². The van der Waals surface area contributed by atoms with Crippen LogP contribution in [0.2, 0.25) is 5.02 Å². The Bertz CT molecular complexity index is 626. The molecule has 1 fully saturated rings. The first-order valence-corrected chi connectivity index (χ1v) is 7.38. The summed E-state index contributed by atoms with van der Waals surface area (Å²) >= 11 is 5.97. The second-order valence-corrected chi connectivity index (χ2v) is 5.59. The highest BCUT2D eigenvalue weighted by Crippen LogP contribution is 2.26. The molecule has 0 heterocycles. The Morgan fingerprint density at radius 1 is 1.14 bits per heavy atom. The minimum Gasteiger partial charge on any atom is -0.476 e. The average Bonchev–Trinajstić information content (AvgIpc) is 3.29. The van der Waals surface area contributed by atoms with Crippen molar-refractivity contribution in [2.45, 2.75) is 25.0 Å². The van der Waals surface area contributed by atoms with Crippen molar-refractivity contribution in [3.63, 3.8) is 0 Å². The summed E-state index contributed by atoms with van der Waals surface area (Å²) in [5.74, 6) is 0.478. The molecule has 1 saturated carbocycles. The molecular formula is C17H16ClNO2. The number of rotatable bonds is 5. The molecule has 1 aliphatic rings. The zero-order valence-corrected chi connectivity index (χ0v) is 12.2. The summed E-state index contributed by atoms with van der Waals surface area (Å²) in [6.45, 7) is 0. The van der Waals surface area contributed by atoms with Gasteiger partial charge in [0.05, 0.1) is 0 Å². The van der Waals surface area contributed by atoms with Crippen LogP contribution in [0.1, 0.15) is 24.5 Å². The van der Waals surface area contributed by atoms with Crippen LogP contribution in [-0.4, -0.2) is 11.9 Å². The lowest BCUT2D eigenvalue weighted by Crippen LogP contribution is -2.33. The third-order valence-electron chi connectivity index (χ3n) is 3.31. The first-order chi connectivity index (χ1) is 10.2. The Morgan fingerprint density at radius 2 is 1.90 bits per heavy atom. The van der Waals surface area contributed by atoms with E-state index in [0.29, 0.717) is 16.8 Å². The molecule has 1 atom stereocenters. The molecule has 0 bridgehead atoms.